The molecule has 1 saturated heterocycles. The largest absolute Gasteiger partial charge is 0.480 e. The van der Waals surface area contributed by atoms with Crippen molar-refractivity contribution in [1.82, 2.24) is 4.90 Å². The Morgan fingerprint density at radius 2 is 2.20 bits per heavy atom. The Bertz CT molecular complexity index is 225. The zero-order chi connectivity index (χ0) is 11.5. The lowest BCUT2D eigenvalue weighted by Gasteiger charge is -2.47. The Balaban J connectivity index is 2.19. The van der Waals surface area contributed by atoms with Crippen LogP contribution in [0.15, 0.2) is 0 Å². The van der Waals surface area contributed by atoms with Crippen molar-refractivity contribution in [2.75, 3.05) is 26.2 Å². The first-order valence-electron chi connectivity index (χ1n) is 5.21. The van der Waals surface area contributed by atoms with Crippen LogP contribution in [-0.4, -0.2) is 59.0 Å². The summed E-state index contributed by atoms with van der Waals surface area (Å²) >= 11 is 0. The minimum Gasteiger partial charge on any atom is -0.480 e. The van der Waals surface area contributed by atoms with Crippen LogP contribution < -0.4 is 0 Å². The number of carboxylic acid groups (broad SMARTS) is 1. The second kappa shape index (κ2) is 4.92. The van der Waals surface area contributed by atoms with Gasteiger partial charge in [0.15, 0.2) is 0 Å². The lowest BCUT2D eigenvalue weighted by atomic mass is 9.96. The molecule has 0 saturated carbocycles. The number of likely N-dealkylation sites (tertiary alicyclic amines) is 1. The zero-order valence-electron chi connectivity index (χ0n) is 9.27. The van der Waals surface area contributed by atoms with Gasteiger partial charge in [-0.2, -0.15) is 0 Å². The van der Waals surface area contributed by atoms with Crippen LogP contribution in [0.3, 0.4) is 0 Å². The highest BCUT2D eigenvalue weighted by Gasteiger charge is 2.40. The molecule has 15 heavy (non-hydrogen) atoms. The van der Waals surface area contributed by atoms with Gasteiger partial charge in [0.05, 0.1) is 11.7 Å². The number of ether oxygens (including phenoxy) is 1. The van der Waals surface area contributed by atoms with E-state index in [4.69, 9.17) is 9.84 Å². The molecule has 0 bridgehead atoms. The van der Waals surface area contributed by atoms with Crippen molar-refractivity contribution >= 4 is 5.97 Å². The molecule has 88 valence electrons. The molecule has 0 radical (unpaired) electrons. The summed E-state index contributed by atoms with van der Waals surface area (Å²) in [7, 11) is 0. The smallest absolute Gasteiger partial charge is 0.329 e. The van der Waals surface area contributed by atoms with E-state index in [2.05, 4.69) is 4.90 Å². The van der Waals surface area contributed by atoms with Crippen molar-refractivity contribution in [3.05, 3.63) is 0 Å². The number of aliphatic hydroxyl groups excluding tert-OH is 1. The standard InChI is InChI=1S/C10H19NO4/c1-3-8(12)4-11-6-10(2,7-11)15-5-9(13)14/h8,12H,3-7H2,1-2H3,(H,13,14). The second-order valence-electron chi connectivity index (χ2n) is 4.36. The van der Waals surface area contributed by atoms with Crippen molar-refractivity contribution < 1.29 is 19.7 Å². The first kappa shape index (κ1) is 12.4. The van der Waals surface area contributed by atoms with E-state index < -0.39 is 5.97 Å². The average Bonchev–Trinajstić information content (AvgIpc) is 2.12. The molecule has 0 aromatic rings. The van der Waals surface area contributed by atoms with Crippen LogP contribution in [0.4, 0.5) is 0 Å². The summed E-state index contributed by atoms with van der Waals surface area (Å²) in [5.74, 6) is -0.941. The van der Waals surface area contributed by atoms with Gasteiger partial charge in [-0.15, -0.1) is 0 Å². The van der Waals surface area contributed by atoms with Gasteiger partial charge >= 0.3 is 5.97 Å². The molecule has 0 aromatic heterocycles. The maximum atomic E-state index is 10.3. The number of hydrogen-bond acceptors (Lipinski definition) is 4. The van der Waals surface area contributed by atoms with E-state index in [-0.39, 0.29) is 18.3 Å². The highest BCUT2D eigenvalue weighted by Crippen LogP contribution is 2.24. The van der Waals surface area contributed by atoms with E-state index >= 15 is 0 Å². The third-order valence-corrected chi connectivity index (χ3v) is 2.60. The molecule has 0 spiro atoms. The van der Waals surface area contributed by atoms with E-state index in [1.165, 1.54) is 0 Å². The van der Waals surface area contributed by atoms with Gasteiger partial charge in [-0.05, 0) is 13.3 Å². The third kappa shape index (κ3) is 3.77. The van der Waals surface area contributed by atoms with Crippen molar-refractivity contribution in [3.63, 3.8) is 0 Å². The quantitative estimate of drug-likeness (QED) is 0.652. The maximum absolute atomic E-state index is 10.3. The van der Waals surface area contributed by atoms with Gasteiger partial charge in [-0.1, -0.05) is 6.92 Å². The fourth-order valence-corrected chi connectivity index (χ4v) is 1.78. The van der Waals surface area contributed by atoms with Crippen LogP contribution in [-0.2, 0) is 9.53 Å². The number of carboxylic acids is 1. The van der Waals surface area contributed by atoms with Crippen LogP contribution >= 0.6 is 0 Å². The lowest BCUT2D eigenvalue weighted by molar-refractivity contribution is -0.167. The number of rotatable bonds is 6. The number of carbonyl (C=O) groups is 1. The van der Waals surface area contributed by atoms with Crippen molar-refractivity contribution in [1.29, 1.82) is 0 Å². The van der Waals surface area contributed by atoms with Gasteiger partial charge in [0.1, 0.15) is 6.61 Å². The molecular formula is C10H19NO4. The Hall–Kier alpha value is -0.650. The van der Waals surface area contributed by atoms with Gasteiger partial charge in [-0.3, -0.25) is 4.90 Å². The molecule has 5 heteroatoms. The summed E-state index contributed by atoms with van der Waals surface area (Å²) in [6.45, 7) is 5.60. The second-order valence-corrected chi connectivity index (χ2v) is 4.36. The lowest BCUT2D eigenvalue weighted by Crippen LogP contribution is -2.62. The van der Waals surface area contributed by atoms with Crippen molar-refractivity contribution in [2.45, 2.75) is 32.0 Å². The zero-order valence-corrected chi connectivity index (χ0v) is 9.27. The van der Waals surface area contributed by atoms with Crippen molar-refractivity contribution in [3.8, 4) is 0 Å². The minimum atomic E-state index is -0.941. The maximum Gasteiger partial charge on any atom is 0.329 e. The van der Waals surface area contributed by atoms with Crippen LogP contribution in [0, 0.1) is 0 Å². The molecule has 1 aliphatic rings. The summed E-state index contributed by atoms with van der Waals surface area (Å²) in [6, 6.07) is 0. The third-order valence-electron chi connectivity index (χ3n) is 2.60. The van der Waals surface area contributed by atoms with E-state index in [1.54, 1.807) is 0 Å². The molecule has 5 nitrogen and oxygen atoms in total. The Morgan fingerprint density at radius 3 is 2.67 bits per heavy atom. The summed E-state index contributed by atoms with van der Waals surface area (Å²) < 4.78 is 5.25. The number of aliphatic carboxylic acids is 1. The van der Waals surface area contributed by atoms with Crippen LogP contribution in [0.25, 0.3) is 0 Å². The highest BCUT2D eigenvalue weighted by atomic mass is 16.5. The van der Waals surface area contributed by atoms with E-state index in [1.807, 2.05) is 13.8 Å². The van der Waals surface area contributed by atoms with Gasteiger partial charge in [-0.25, -0.2) is 4.79 Å². The van der Waals surface area contributed by atoms with Crippen LogP contribution in [0.5, 0.6) is 0 Å². The number of hydrogen-bond donors (Lipinski definition) is 2. The molecule has 1 unspecified atom stereocenters. The van der Waals surface area contributed by atoms with E-state index in [0.29, 0.717) is 19.6 Å². The fourth-order valence-electron chi connectivity index (χ4n) is 1.78. The molecular weight excluding hydrogens is 198 g/mol. The average molecular weight is 217 g/mol. The fraction of sp³-hybridized carbons (Fsp3) is 0.900. The van der Waals surface area contributed by atoms with Gasteiger partial charge in [0.2, 0.25) is 0 Å². The van der Waals surface area contributed by atoms with Crippen LogP contribution in [0.2, 0.25) is 0 Å². The topological polar surface area (TPSA) is 70.0 Å². The number of aliphatic hydroxyl groups is 1. The highest BCUT2D eigenvalue weighted by molar-refractivity contribution is 5.68. The van der Waals surface area contributed by atoms with Crippen LogP contribution in [0.1, 0.15) is 20.3 Å². The predicted molar refractivity (Wildman–Crippen MR) is 54.7 cm³/mol. The number of β-amino-alcohol motifs (C(OH)–C–C–N with tert-alkyl or cyclic N) is 1. The number of nitrogens with zero attached hydrogens (tertiary/aromatic N) is 1. The normalized spacial score (nSPS) is 22.1. The molecule has 1 rings (SSSR count). The summed E-state index contributed by atoms with van der Waals surface area (Å²) in [6.07, 6.45) is 0.442. The first-order valence-corrected chi connectivity index (χ1v) is 5.21. The summed E-state index contributed by atoms with van der Waals surface area (Å²) in [5, 5.41) is 17.9. The van der Waals surface area contributed by atoms with E-state index in [0.717, 1.165) is 6.42 Å². The molecule has 1 heterocycles. The Labute approximate surface area is 89.6 Å². The molecule has 1 atom stereocenters. The SMILES string of the molecule is CCC(O)CN1CC(C)(OCC(=O)O)C1. The molecule has 0 aliphatic carbocycles. The monoisotopic (exact) mass is 217 g/mol. The predicted octanol–water partition coefficient (Wildman–Crippen LogP) is -0.0672. The molecule has 1 fully saturated rings. The van der Waals surface area contributed by atoms with Gasteiger partial charge < -0.3 is 14.9 Å². The Morgan fingerprint density at radius 1 is 1.60 bits per heavy atom. The van der Waals surface area contributed by atoms with Gasteiger partial charge in [0, 0.05) is 19.6 Å². The minimum absolute atomic E-state index is 0.249. The molecule has 1 aliphatic heterocycles. The van der Waals surface area contributed by atoms with E-state index in [9.17, 15) is 9.90 Å². The summed E-state index contributed by atoms with van der Waals surface area (Å²) in [5.41, 5.74) is -0.355. The summed E-state index contributed by atoms with van der Waals surface area (Å²) in [4.78, 5) is 12.4. The van der Waals surface area contributed by atoms with Gasteiger partial charge in [0.25, 0.3) is 0 Å². The molecule has 2 N–H and O–H groups in total. The molecule has 0 amide bonds. The van der Waals surface area contributed by atoms with Crippen molar-refractivity contribution in [2.24, 2.45) is 0 Å². The Kier molecular flexibility index (Phi) is 4.07. The first-order chi connectivity index (χ1) is 6.95. The molecule has 0 aromatic carbocycles.